The molecule has 0 spiro atoms. The van der Waals surface area contributed by atoms with Crippen LogP contribution in [0.3, 0.4) is 0 Å². The third kappa shape index (κ3) is 7.86. The minimum absolute atomic E-state index is 0. The first-order valence-electron chi connectivity index (χ1n) is 12.7. The fourth-order valence-corrected chi connectivity index (χ4v) is 5.04. The topological polar surface area (TPSA) is 82.1 Å². The molecule has 0 saturated carbocycles. The number of hydrogen-bond acceptors (Lipinski definition) is 5. The van der Waals surface area contributed by atoms with Gasteiger partial charge in [-0.3, -0.25) is 9.78 Å². The van der Waals surface area contributed by atoms with E-state index in [-0.39, 0.29) is 18.9 Å². The molecule has 39 heavy (non-hydrogen) atoms. The molecule has 1 N–H and O–H groups in total. The van der Waals surface area contributed by atoms with E-state index in [0.717, 1.165) is 51.8 Å². The summed E-state index contributed by atoms with van der Waals surface area (Å²) < 4.78 is 0. The molecule has 5 nitrogen and oxygen atoms in total. The molecule has 1 unspecified atom stereocenters. The van der Waals surface area contributed by atoms with Crippen LogP contribution in [0.2, 0.25) is 0 Å². The number of carbonyl (C=O) groups excluding carboxylic acids is 2. The van der Waals surface area contributed by atoms with Gasteiger partial charge in [0.05, 0.1) is 12.0 Å². The van der Waals surface area contributed by atoms with Gasteiger partial charge in [-0.2, -0.15) is 11.8 Å². The van der Waals surface area contributed by atoms with E-state index in [1.807, 2.05) is 86.2 Å². The molecular formula is C32H31LiN2O3S. The van der Waals surface area contributed by atoms with Crippen molar-refractivity contribution in [1.82, 2.24) is 10.3 Å². The normalized spacial score (nSPS) is 11.3. The molecule has 7 heteroatoms. The van der Waals surface area contributed by atoms with E-state index in [2.05, 4.69) is 22.4 Å². The number of rotatable bonds is 11. The van der Waals surface area contributed by atoms with Gasteiger partial charge in [0, 0.05) is 18.0 Å². The summed E-state index contributed by atoms with van der Waals surface area (Å²) in [6.07, 6.45) is 7.50. The number of carboxylic acid groups (broad SMARTS) is 1. The number of carbonyl (C=O) groups is 2. The van der Waals surface area contributed by atoms with E-state index in [4.69, 9.17) is 0 Å². The van der Waals surface area contributed by atoms with Gasteiger partial charge in [0.15, 0.2) is 0 Å². The summed E-state index contributed by atoms with van der Waals surface area (Å²) in [4.78, 5) is 29.3. The Morgan fingerprint density at radius 3 is 2.38 bits per heavy atom. The first kappa shape index (κ1) is 30.2. The summed E-state index contributed by atoms with van der Waals surface area (Å²) in [5, 5.41) is 14.3. The van der Waals surface area contributed by atoms with Gasteiger partial charge in [0.2, 0.25) is 0 Å². The number of nitrogens with one attached hydrogen (secondary N) is 1. The van der Waals surface area contributed by atoms with Gasteiger partial charge in [-0.1, -0.05) is 66.7 Å². The molecule has 1 aromatic heterocycles. The Morgan fingerprint density at radius 1 is 0.923 bits per heavy atom. The quantitative estimate of drug-likeness (QED) is 0.301. The molecule has 194 valence electrons. The Kier molecular flexibility index (Phi) is 11.4. The predicted molar refractivity (Wildman–Crippen MR) is 153 cm³/mol. The average molecular weight is 531 g/mol. The first-order chi connectivity index (χ1) is 18.5. The van der Waals surface area contributed by atoms with Crippen LogP contribution in [0.1, 0.15) is 33.5 Å². The first-order valence-corrected chi connectivity index (χ1v) is 14.0. The molecule has 0 aliphatic carbocycles. The molecule has 3 aromatic carbocycles. The molecular weight excluding hydrogens is 499 g/mol. The number of aromatic nitrogens is 1. The van der Waals surface area contributed by atoms with Crippen molar-refractivity contribution in [3.63, 3.8) is 0 Å². The number of nitrogens with zero attached hydrogens (tertiary/aromatic N) is 1. The van der Waals surface area contributed by atoms with E-state index in [1.54, 1.807) is 6.07 Å². The summed E-state index contributed by atoms with van der Waals surface area (Å²) in [6.45, 7) is 2.01. The average Bonchev–Trinajstić information content (AvgIpc) is 2.94. The largest absolute Gasteiger partial charge is 1.00 e. The van der Waals surface area contributed by atoms with Crippen LogP contribution >= 0.6 is 11.8 Å². The van der Waals surface area contributed by atoms with Crippen molar-refractivity contribution in [1.29, 1.82) is 0 Å². The number of hydrogen-bond donors (Lipinski definition) is 1. The monoisotopic (exact) mass is 530 g/mol. The standard InChI is InChI=1S/C32H32N2O3S.Li/c1-22-8-6-7-11-26(22)29-20-23(13-15-28(29)31(35)34-30(32(36)37)17-19-38-2)12-14-25-21-33-18-16-27(25)24-9-4-3-5-10-24;/h3-11,13,15-16,18,20-21,30H,12,14,17,19H2,1-2H3,(H,34,35)(H,36,37);/q;+1/p-1. The summed E-state index contributed by atoms with van der Waals surface area (Å²) in [6, 6.07) is 25.0. The van der Waals surface area contributed by atoms with Gasteiger partial charge < -0.3 is 15.2 Å². The zero-order chi connectivity index (χ0) is 26.9. The van der Waals surface area contributed by atoms with Crippen LogP contribution in [0.25, 0.3) is 22.3 Å². The fraction of sp³-hybridized carbons (Fsp3) is 0.219. The predicted octanol–water partition coefficient (Wildman–Crippen LogP) is 2.11. The van der Waals surface area contributed by atoms with Crippen LogP contribution in [0.4, 0.5) is 0 Å². The van der Waals surface area contributed by atoms with E-state index in [9.17, 15) is 14.7 Å². The van der Waals surface area contributed by atoms with Crippen LogP contribution in [0.5, 0.6) is 0 Å². The number of carboxylic acids is 1. The summed E-state index contributed by atoms with van der Waals surface area (Å²) in [5.41, 5.74) is 7.77. The Bertz CT molecular complexity index is 1410. The van der Waals surface area contributed by atoms with Gasteiger partial charge in [-0.25, -0.2) is 0 Å². The van der Waals surface area contributed by atoms with Crippen molar-refractivity contribution >= 4 is 23.6 Å². The molecule has 0 bridgehead atoms. The number of aryl methyl sites for hydroxylation is 3. The van der Waals surface area contributed by atoms with Gasteiger partial charge in [0.25, 0.3) is 5.91 Å². The maximum atomic E-state index is 13.3. The molecule has 4 aromatic rings. The number of aliphatic carboxylic acids is 1. The Balaban J connectivity index is 0.00000420. The zero-order valence-corrected chi connectivity index (χ0v) is 23.5. The minimum atomic E-state index is -1.27. The second-order valence-electron chi connectivity index (χ2n) is 9.22. The van der Waals surface area contributed by atoms with Gasteiger partial charge in [-0.15, -0.1) is 0 Å². The van der Waals surface area contributed by atoms with Crippen LogP contribution in [0, 0.1) is 6.92 Å². The van der Waals surface area contributed by atoms with Crippen LogP contribution in [-0.4, -0.2) is 34.9 Å². The molecule has 0 radical (unpaired) electrons. The van der Waals surface area contributed by atoms with Crippen molar-refractivity contribution in [2.45, 2.75) is 32.2 Å². The number of pyridine rings is 1. The van der Waals surface area contributed by atoms with E-state index in [1.165, 1.54) is 11.8 Å². The number of thioether (sulfide) groups is 1. The second kappa shape index (κ2) is 14.7. The van der Waals surface area contributed by atoms with Gasteiger partial charge >= 0.3 is 18.9 Å². The van der Waals surface area contributed by atoms with Crippen molar-refractivity contribution in [2.75, 3.05) is 12.0 Å². The van der Waals surface area contributed by atoms with Crippen LogP contribution < -0.4 is 29.3 Å². The second-order valence-corrected chi connectivity index (χ2v) is 10.2. The third-order valence-corrected chi connectivity index (χ3v) is 7.28. The van der Waals surface area contributed by atoms with Gasteiger partial charge in [0.1, 0.15) is 0 Å². The maximum Gasteiger partial charge on any atom is 1.00 e. The van der Waals surface area contributed by atoms with E-state index >= 15 is 0 Å². The Hall–Kier alpha value is -3.30. The smallest absolute Gasteiger partial charge is 0.548 e. The fourth-order valence-electron chi connectivity index (χ4n) is 4.57. The van der Waals surface area contributed by atoms with Crippen molar-refractivity contribution in [2.24, 2.45) is 0 Å². The molecule has 0 fully saturated rings. The summed E-state index contributed by atoms with van der Waals surface area (Å²) >= 11 is 1.53. The van der Waals surface area contributed by atoms with Crippen molar-refractivity contribution < 1.29 is 33.6 Å². The summed E-state index contributed by atoms with van der Waals surface area (Å²) in [7, 11) is 0. The molecule has 1 heterocycles. The van der Waals surface area contributed by atoms with E-state index in [0.29, 0.717) is 17.7 Å². The van der Waals surface area contributed by atoms with Crippen molar-refractivity contribution in [3.05, 3.63) is 114 Å². The van der Waals surface area contributed by atoms with Crippen LogP contribution in [-0.2, 0) is 17.6 Å². The number of amides is 1. The summed E-state index contributed by atoms with van der Waals surface area (Å²) in [5.74, 6) is -1.07. The van der Waals surface area contributed by atoms with Crippen LogP contribution in [0.15, 0.2) is 91.3 Å². The zero-order valence-electron chi connectivity index (χ0n) is 22.6. The molecule has 0 saturated heterocycles. The SMILES string of the molecule is CSCCC(NC(=O)c1ccc(CCc2cnccc2-c2ccccc2)cc1-c1ccccc1C)C(=O)[O-].[Li+]. The molecule has 0 aliphatic rings. The Labute approximate surface area is 246 Å². The maximum absolute atomic E-state index is 13.3. The molecule has 1 atom stereocenters. The Morgan fingerprint density at radius 2 is 1.67 bits per heavy atom. The minimum Gasteiger partial charge on any atom is -0.548 e. The number of benzene rings is 3. The molecule has 4 rings (SSSR count). The van der Waals surface area contributed by atoms with Gasteiger partial charge in [-0.05, 0) is 89.3 Å². The van der Waals surface area contributed by atoms with Crippen molar-refractivity contribution in [3.8, 4) is 22.3 Å². The van der Waals surface area contributed by atoms with E-state index < -0.39 is 17.9 Å². The molecule has 0 aliphatic heterocycles. The molecule has 1 amide bonds. The third-order valence-electron chi connectivity index (χ3n) is 6.64.